The Kier molecular flexibility index (Phi) is 3.91. The van der Waals surface area contributed by atoms with Gasteiger partial charge in [0, 0.05) is 11.1 Å². The Morgan fingerprint density at radius 2 is 0.923 bits per heavy atom. The van der Waals surface area contributed by atoms with E-state index >= 15 is 0 Å². The van der Waals surface area contributed by atoms with Crippen molar-refractivity contribution in [1.29, 1.82) is 0 Å². The molecule has 0 amide bonds. The van der Waals surface area contributed by atoms with Gasteiger partial charge in [-0.15, -0.1) is 32.1 Å². The third kappa shape index (κ3) is 2.45. The Bertz CT molecular complexity index is 829. The number of rotatable bonds is 4. The van der Waals surface area contributed by atoms with Crippen molar-refractivity contribution in [2.45, 2.75) is 30.6 Å². The molecule has 2 aromatic rings. The van der Waals surface area contributed by atoms with Crippen LogP contribution in [-0.4, -0.2) is 5.38 Å². The molecule has 0 bridgehead atoms. The molecular weight excluding hydrogens is 352 g/mol. The summed E-state index contributed by atoms with van der Waals surface area (Å²) in [6, 6.07) is 15.4. The van der Waals surface area contributed by atoms with Gasteiger partial charge in [-0.1, -0.05) is 59.7 Å². The third-order valence-corrected chi connectivity index (χ3v) is 5.14. The highest BCUT2D eigenvalue weighted by molar-refractivity contribution is 6.22. The lowest BCUT2D eigenvalue weighted by Gasteiger charge is -2.33. The van der Waals surface area contributed by atoms with Crippen LogP contribution in [0.3, 0.4) is 0 Å². The largest absolute Gasteiger partial charge is 0.241 e. The molecule has 0 spiro atoms. The molecule has 0 atom stereocenters. The summed E-state index contributed by atoms with van der Waals surface area (Å²) in [6.07, 6.45) is 0. The smallest absolute Gasteiger partial charge is 0.128 e. The minimum absolute atomic E-state index is 0.747. The van der Waals surface area contributed by atoms with Crippen molar-refractivity contribution in [3.05, 3.63) is 70.8 Å². The first-order valence-electron chi connectivity index (χ1n) is 8.03. The number of hydrogen-bond donors (Lipinski definition) is 0. The second kappa shape index (κ2) is 6.14. The van der Waals surface area contributed by atoms with Crippen LogP contribution < -0.4 is 0 Å². The van der Waals surface area contributed by atoms with Crippen molar-refractivity contribution in [1.82, 2.24) is 0 Å². The van der Waals surface area contributed by atoms with Gasteiger partial charge in [0.25, 0.3) is 0 Å². The standard InChI is InChI=1S/C17H15ClN8/c1-11-3-7-13(8-4-11)16(19-23-24-20-16)15(18)17(21-25-26-22-17)14-9-5-12(2)6-10-14/h3-10,15H,1-2H3. The van der Waals surface area contributed by atoms with Crippen molar-refractivity contribution in [3.8, 4) is 0 Å². The minimum Gasteiger partial charge on any atom is -0.128 e. The molecule has 4 rings (SSSR count). The van der Waals surface area contributed by atoms with Gasteiger partial charge in [-0.25, -0.2) is 0 Å². The molecule has 2 heterocycles. The zero-order valence-corrected chi connectivity index (χ0v) is 14.9. The van der Waals surface area contributed by atoms with Crippen LogP contribution in [0.5, 0.6) is 0 Å². The Morgan fingerprint density at radius 1 is 0.615 bits per heavy atom. The maximum atomic E-state index is 6.94. The van der Waals surface area contributed by atoms with Gasteiger partial charge in [0.15, 0.2) is 0 Å². The Hall–Kier alpha value is -2.87. The van der Waals surface area contributed by atoms with Crippen LogP contribution >= 0.6 is 11.6 Å². The van der Waals surface area contributed by atoms with Gasteiger partial charge in [0.2, 0.25) is 11.3 Å². The minimum atomic E-state index is -1.26. The van der Waals surface area contributed by atoms with Gasteiger partial charge < -0.3 is 0 Å². The molecule has 0 saturated heterocycles. The highest BCUT2D eigenvalue weighted by Gasteiger charge is 2.57. The molecule has 0 fully saturated rings. The van der Waals surface area contributed by atoms with Crippen molar-refractivity contribution in [3.63, 3.8) is 0 Å². The van der Waals surface area contributed by atoms with Crippen LogP contribution in [0.1, 0.15) is 22.3 Å². The summed E-state index contributed by atoms with van der Waals surface area (Å²) < 4.78 is 0. The monoisotopic (exact) mass is 366 g/mol. The van der Waals surface area contributed by atoms with Gasteiger partial charge >= 0.3 is 0 Å². The molecule has 8 nitrogen and oxygen atoms in total. The second-order valence-corrected chi connectivity index (χ2v) is 6.74. The molecule has 0 aliphatic carbocycles. The Balaban J connectivity index is 1.86. The summed E-state index contributed by atoms with van der Waals surface area (Å²) in [5, 5.41) is 31.0. The van der Waals surface area contributed by atoms with Crippen molar-refractivity contribution < 1.29 is 0 Å². The molecule has 2 aromatic carbocycles. The van der Waals surface area contributed by atoms with E-state index < -0.39 is 16.7 Å². The molecule has 0 saturated carbocycles. The number of alkyl halides is 1. The fourth-order valence-corrected chi connectivity index (χ4v) is 3.42. The first-order valence-corrected chi connectivity index (χ1v) is 8.47. The summed E-state index contributed by atoms with van der Waals surface area (Å²) in [7, 11) is 0. The predicted molar refractivity (Wildman–Crippen MR) is 94.8 cm³/mol. The summed E-state index contributed by atoms with van der Waals surface area (Å²) in [6.45, 7) is 4.00. The fourth-order valence-electron chi connectivity index (χ4n) is 3.00. The van der Waals surface area contributed by atoms with Gasteiger partial charge in [0.1, 0.15) is 5.38 Å². The number of aryl methyl sites for hydroxylation is 2. The third-order valence-electron chi connectivity index (χ3n) is 4.53. The lowest BCUT2D eigenvalue weighted by atomic mass is 9.85. The zero-order chi connectivity index (χ0) is 18.2. The molecule has 2 aliphatic rings. The van der Waals surface area contributed by atoms with Crippen molar-refractivity contribution in [2.75, 3.05) is 0 Å². The molecule has 9 heteroatoms. The Morgan fingerprint density at radius 3 is 1.23 bits per heavy atom. The first-order chi connectivity index (χ1) is 12.6. The van der Waals surface area contributed by atoms with E-state index in [0.717, 1.165) is 22.3 Å². The fraction of sp³-hybridized carbons (Fsp3) is 0.294. The SMILES string of the molecule is Cc1ccc(C2(C(Cl)C3(c4ccc(C)cc4)N=NN=N3)N=NN=N2)cc1. The summed E-state index contributed by atoms with van der Waals surface area (Å²) in [4.78, 5) is 0. The number of halogens is 1. The molecule has 26 heavy (non-hydrogen) atoms. The predicted octanol–water partition coefficient (Wildman–Crippen LogP) is 5.58. The van der Waals surface area contributed by atoms with E-state index in [1.807, 2.05) is 62.4 Å². The van der Waals surface area contributed by atoms with Gasteiger partial charge in [0.05, 0.1) is 0 Å². The van der Waals surface area contributed by atoms with Crippen LogP contribution in [0, 0.1) is 13.8 Å². The average molecular weight is 367 g/mol. The van der Waals surface area contributed by atoms with E-state index in [1.54, 1.807) is 0 Å². The summed E-state index contributed by atoms with van der Waals surface area (Å²) in [5.74, 6) is 0. The van der Waals surface area contributed by atoms with Gasteiger partial charge in [-0.3, -0.25) is 0 Å². The van der Waals surface area contributed by atoms with E-state index in [0.29, 0.717) is 0 Å². The number of hydrogen-bond acceptors (Lipinski definition) is 8. The summed E-state index contributed by atoms with van der Waals surface area (Å²) >= 11 is 6.94. The molecule has 0 N–H and O–H groups in total. The average Bonchev–Trinajstić information content (AvgIpc) is 3.33. The normalized spacial score (nSPS) is 18.9. The van der Waals surface area contributed by atoms with Gasteiger partial charge in [-0.05, 0) is 34.7 Å². The molecule has 2 aliphatic heterocycles. The highest BCUT2D eigenvalue weighted by atomic mass is 35.5. The topological polar surface area (TPSA) is 98.9 Å². The van der Waals surface area contributed by atoms with Crippen LogP contribution in [-0.2, 0) is 11.3 Å². The van der Waals surface area contributed by atoms with Crippen LogP contribution in [0.15, 0.2) is 89.9 Å². The zero-order valence-electron chi connectivity index (χ0n) is 14.2. The molecule has 0 aromatic heterocycles. The summed E-state index contributed by atoms with van der Waals surface area (Å²) in [5.41, 5.74) is 1.19. The van der Waals surface area contributed by atoms with E-state index in [2.05, 4.69) is 41.4 Å². The lowest BCUT2D eigenvalue weighted by molar-refractivity contribution is 0.304. The van der Waals surface area contributed by atoms with Crippen molar-refractivity contribution in [2.24, 2.45) is 41.4 Å². The maximum Gasteiger partial charge on any atom is 0.241 e. The second-order valence-electron chi connectivity index (χ2n) is 6.30. The highest BCUT2D eigenvalue weighted by Crippen LogP contribution is 2.50. The van der Waals surface area contributed by atoms with Crippen LogP contribution in [0.4, 0.5) is 0 Å². The number of nitrogens with zero attached hydrogens (tertiary/aromatic N) is 8. The maximum absolute atomic E-state index is 6.94. The number of benzene rings is 2. The molecule has 0 radical (unpaired) electrons. The van der Waals surface area contributed by atoms with E-state index in [9.17, 15) is 0 Å². The molecule has 130 valence electrons. The lowest BCUT2D eigenvalue weighted by Crippen LogP contribution is -2.44. The van der Waals surface area contributed by atoms with E-state index in [1.165, 1.54) is 0 Å². The Labute approximate surface area is 154 Å². The van der Waals surface area contributed by atoms with Gasteiger partial charge in [-0.2, -0.15) is 0 Å². The molecular formula is C17H15ClN8. The molecule has 0 unspecified atom stereocenters. The first kappa shape index (κ1) is 16.6. The van der Waals surface area contributed by atoms with E-state index in [-0.39, 0.29) is 0 Å². The van der Waals surface area contributed by atoms with E-state index in [4.69, 9.17) is 11.6 Å². The van der Waals surface area contributed by atoms with Crippen LogP contribution in [0.2, 0.25) is 0 Å². The van der Waals surface area contributed by atoms with Crippen molar-refractivity contribution >= 4 is 11.6 Å². The van der Waals surface area contributed by atoms with Crippen LogP contribution in [0.25, 0.3) is 0 Å². The quantitative estimate of drug-likeness (QED) is 0.630.